The number of aryl methyl sites for hydroxylation is 1. The molecule has 0 atom stereocenters. The van der Waals surface area contributed by atoms with E-state index in [0.29, 0.717) is 12.2 Å². The number of hydrogen-bond acceptors (Lipinski definition) is 4. The molecule has 0 unspecified atom stereocenters. The molecule has 0 bridgehead atoms. The summed E-state index contributed by atoms with van der Waals surface area (Å²) in [5.41, 5.74) is 1.53. The van der Waals surface area contributed by atoms with Crippen molar-refractivity contribution >= 4 is 21.6 Å². The zero-order valence-electron chi connectivity index (χ0n) is 12.9. The fourth-order valence-corrected chi connectivity index (χ4v) is 2.59. The molecule has 118 valence electrons. The predicted octanol–water partition coefficient (Wildman–Crippen LogP) is 1.18. The molecule has 0 radical (unpaired) electrons. The van der Waals surface area contributed by atoms with E-state index in [1.54, 1.807) is 18.2 Å². The number of nitrogens with zero attached hydrogens (tertiary/aromatic N) is 1. The number of carbonyl (C=O) groups excluding carboxylic acids is 1. The first-order chi connectivity index (χ1) is 9.78. The fraction of sp³-hybridized carbons (Fsp3) is 0.500. The Labute approximate surface area is 126 Å². The number of sulfonamides is 1. The predicted molar refractivity (Wildman–Crippen MR) is 83.8 cm³/mol. The normalized spacial score (nSPS) is 11.5. The molecule has 1 aromatic rings. The first-order valence-corrected chi connectivity index (χ1v) is 8.26. The number of benzene rings is 1. The van der Waals surface area contributed by atoms with Gasteiger partial charge >= 0.3 is 0 Å². The molecule has 1 amide bonds. The second kappa shape index (κ2) is 7.42. The lowest BCUT2D eigenvalue weighted by molar-refractivity contribution is -0.119. The van der Waals surface area contributed by atoms with Crippen LogP contribution in [0.4, 0.5) is 5.69 Å². The summed E-state index contributed by atoms with van der Waals surface area (Å²) in [6.45, 7) is 4.59. The monoisotopic (exact) mass is 313 g/mol. The van der Waals surface area contributed by atoms with E-state index in [2.05, 4.69) is 10.6 Å². The van der Waals surface area contributed by atoms with Crippen LogP contribution in [0.15, 0.2) is 23.1 Å². The molecule has 0 aliphatic rings. The zero-order valence-corrected chi connectivity index (χ0v) is 13.8. The van der Waals surface area contributed by atoms with Gasteiger partial charge in [-0.3, -0.25) is 4.79 Å². The molecule has 0 aliphatic heterocycles. The lowest BCUT2D eigenvalue weighted by atomic mass is 10.2. The van der Waals surface area contributed by atoms with Crippen LogP contribution in [0.5, 0.6) is 0 Å². The van der Waals surface area contributed by atoms with Gasteiger partial charge in [-0.1, -0.05) is 13.0 Å². The molecular formula is C14H23N3O3S. The van der Waals surface area contributed by atoms with E-state index < -0.39 is 10.0 Å². The van der Waals surface area contributed by atoms with Crippen molar-refractivity contribution in [2.24, 2.45) is 0 Å². The maximum Gasteiger partial charge on any atom is 0.242 e. The van der Waals surface area contributed by atoms with Gasteiger partial charge in [-0.05, 0) is 31.0 Å². The van der Waals surface area contributed by atoms with Crippen LogP contribution in [0.2, 0.25) is 0 Å². The van der Waals surface area contributed by atoms with Gasteiger partial charge in [-0.25, -0.2) is 12.7 Å². The van der Waals surface area contributed by atoms with Crippen molar-refractivity contribution < 1.29 is 13.2 Å². The van der Waals surface area contributed by atoms with Gasteiger partial charge in [-0.15, -0.1) is 0 Å². The van der Waals surface area contributed by atoms with E-state index in [1.165, 1.54) is 14.1 Å². The van der Waals surface area contributed by atoms with E-state index in [-0.39, 0.29) is 17.3 Å². The summed E-state index contributed by atoms with van der Waals surface area (Å²) in [5.74, 6) is -0.114. The van der Waals surface area contributed by atoms with E-state index >= 15 is 0 Å². The smallest absolute Gasteiger partial charge is 0.242 e. The van der Waals surface area contributed by atoms with Crippen LogP contribution in [0.3, 0.4) is 0 Å². The molecule has 21 heavy (non-hydrogen) atoms. The lowest BCUT2D eigenvalue weighted by Gasteiger charge is -2.15. The molecule has 0 saturated heterocycles. The lowest BCUT2D eigenvalue weighted by Crippen LogP contribution is -2.30. The highest BCUT2D eigenvalue weighted by molar-refractivity contribution is 7.89. The van der Waals surface area contributed by atoms with Crippen LogP contribution in [-0.4, -0.2) is 45.8 Å². The minimum Gasteiger partial charge on any atom is -0.376 e. The number of anilines is 1. The Bertz CT molecular complexity index is 597. The molecule has 0 aromatic heterocycles. The van der Waals surface area contributed by atoms with E-state index in [9.17, 15) is 13.2 Å². The Morgan fingerprint density at radius 1 is 1.29 bits per heavy atom. The maximum absolute atomic E-state index is 12.1. The van der Waals surface area contributed by atoms with Crippen LogP contribution < -0.4 is 10.6 Å². The Morgan fingerprint density at radius 2 is 1.95 bits per heavy atom. The first-order valence-electron chi connectivity index (χ1n) is 6.82. The maximum atomic E-state index is 12.1. The minimum absolute atomic E-state index is 0.114. The first kappa shape index (κ1) is 17.5. The third-order valence-electron chi connectivity index (χ3n) is 3.00. The SMILES string of the molecule is CCCNC(=O)CNc1cc(S(=O)(=O)N(C)C)ccc1C. The number of rotatable bonds is 7. The molecule has 0 fully saturated rings. The van der Waals surface area contributed by atoms with Crippen LogP contribution in [0.25, 0.3) is 0 Å². The van der Waals surface area contributed by atoms with E-state index in [4.69, 9.17) is 0 Å². The van der Waals surface area contributed by atoms with Crippen molar-refractivity contribution in [3.05, 3.63) is 23.8 Å². The van der Waals surface area contributed by atoms with Gasteiger partial charge in [0.25, 0.3) is 0 Å². The van der Waals surface area contributed by atoms with Crippen molar-refractivity contribution in [1.82, 2.24) is 9.62 Å². The largest absolute Gasteiger partial charge is 0.376 e. The highest BCUT2D eigenvalue weighted by Crippen LogP contribution is 2.21. The highest BCUT2D eigenvalue weighted by atomic mass is 32.2. The topological polar surface area (TPSA) is 78.5 Å². The van der Waals surface area contributed by atoms with E-state index in [0.717, 1.165) is 16.3 Å². The van der Waals surface area contributed by atoms with Crippen molar-refractivity contribution in [1.29, 1.82) is 0 Å². The molecule has 7 heteroatoms. The van der Waals surface area contributed by atoms with Gasteiger partial charge < -0.3 is 10.6 Å². The Morgan fingerprint density at radius 3 is 2.52 bits per heavy atom. The average Bonchev–Trinajstić information content (AvgIpc) is 2.43. The second-order valence-electron chi connectivity index (χ2n) is 4.97. The summed E-state index contributed by atoms with van der Waals surface area (Å²) in [5, 5.41) is 5.74. The molecule has 0 aliphatic carbocycles. The van der Waals surface area contributed by atoms with Crippen LogP contribution in [0, 0.1) is 6.92 Å². The standard InChI is InChI=1S/C14H23N3O3S/c1-5-8-15-14(18)10-16-13-9-12(7-6-11(13)2)21(19,20)17(3)4/h6-7,9,16H,5,8,10H2,1-4H3,(H,15,18). The summed E-state index contributed by atoms with van der Waals surface area (Å²) >= 11 is 0. The van der Waals surface area contributed by atoms with Gasteiger partial charge in [0.05, 0.1) is 11.4 Å². The molecule has 6 nitrogen and oxygen atoms in total. The summed E-state index contributed by atoms with van der Waals surface area (Å²) in [6.07, 6.45) is 0.876. The molecule has 0 saturated carbocycles. The van der Waals surface area contributed by atoms with Crippen molar-refractivity contribution in [2.45, 2.75) is 25.2 Å². The van der Waals surface area contributed by atoms with Crippen molar-refractivity contribution in [2.75, 3.05) is 32.5 Å². The van der Waals surface area contributed by atoms with Gasteiger partial charge in [0.2, 0.25) is 15.9 Å². The van der Waals surface area contributed by atoms with Gasteiger partial charge in [0.15, 0.2) is 0 Å². The highest BCUT2D eigenvalue weighted by Gasteiger charge is 2.18. The number of nitrogens with one attached hydrogen (secondary N) is 2. The molecule has 1 rings (SSSR count). The third kappa shape index (κ3) is 4.71. The molecule has 2 N–H and O–H groups in total. The third-order valence-corrected chi connectivity index (χ3v) is 4.81. The number of amides is 1. The fourth-order valence-electron chi connectivity index (χ4n) is 1.67. The average molecular weight is 313 g/mol. The van der Waals surface area contributed by atoms with Crippen LogP contribution in [0.1, 0.15) is 18.9 Å². The van der Waals surface area contributed by atoms with Crippen LogP contribution in [-0.2, 0) is 14.8 Å². The summed E-state index contributed by atoms with van der Waals surface area (Å²) in [6, 6.07) is 4.84. The summed E-state index contributed by atoms with van der Waals surface area (Å²) in [4.78, 5) is 11.8. The Balaban J connectivity index is 2.87. The van der Waals surface area contributed by atoms with Crippen LogP contribution >= 0.6 is 0 Å². The van der Waals surface area contributed by atoms with Gasteiger partial charge in [0, 0.05) is 26.3 Å². The Hall–Kier alpha value is -1.60. The van der Waals surface area contributed by atoms with Crippen molar-refractivity contribution in [3.63, 3.8) is 0 Å². The molecule has 1 aromatic carbocycles. The number of carbonyl (C=O) groups is 1. The van der Waals surface area contributed by atoms with E-state index in [1.807, 2.05) is 13.8 Å². The molecule has 0 heterocycles. The second-order valence-corrected chi connectivity index (χ2v) is 7.12. The van der Waals surface area contributed by atoms with Gasteiger partial charge in [0.1, 0.15) is 0 Å². The quantitative estimate of drug-likeness (QED) is 0.792. The Kier molecular flexibility index (Phi) is 6.17. The molecular weight excluding hydrogens is 290 g/mol. The number of hydrogen-bond donors (Lipinski definition) is 2. The minimum atomic E-state index is -3.48. The zero-order chi connectivity index (χ0) is 16.0. The summed E-state index contributed by atoms with van der Waals surface area (Å²) < 4.78 is 25.3. The van der Waals surface area contributed by atoms with Gasteiger partial charge in [-0.2, -0.15) is 0 Å². The van der Waals surface area contributed by atoms with Crippen molar-refractivity contribution in [3.8, 4) is 0 Å². The summed E-state index contributed by atoms with van der Waals surface area (Å²) in [7, 11) is -0.503. The molecule has 0 spiro atoms.